The van der Waals surface area contributed by atoms with Crippen LogP contribution in [0.5, 0.6) is 0 Å². The molecule has 3 N–H and O–H groups in total. The first-order chi connectivity index (χ1) is 12.0. The van der Waals surface area contributed by atoms with Gasteiger partial charge in [0, 0.05) is 11.3 Å². The molecular formula is C17H16FN5OS. The van der Waals surface area contributed by atoms with Crippen LogP contribution < -0.4 is 11.2 Å². The first-order valence-corrected chi connectivity index (χ1v) is 8.41. The van der Waals surface area contributed by atoms with Gasteiger partial charge in [-0.3, -0.25) is 4.79 Å². The van der Waals surface area contributed by atoms with Gasteiger partial charge >= 0.3 is 0 Å². The Morgan fingerprint density at radius 3 is 2.52 bits per heavy atom. The topological polar surface area (TPSA) is 85.8 Å². The van der Waals surface area contributed by atoms with Crippen LogP contribution in [0, 0.1) is 5.82 Å². The molecule has 0 spiro atoms. The molecule has 1 atom stereocenters. The fourth-order valence-corrected chi connectivity index (χ4v) is 2.90. The van der Waals surface area contributed by atoms with Crippen LogP contribution in [0.15, 0.2) is 59.8 Å². The average molecular weight is 357 g/mol. The third kappa shape index (κ3) is 3.97. The van der Waals surface area contributed by atoms with Gasteiger partial charge in [0.15, 0.2) is 5.82 Å². The van der Waals surface area contributed by atoms with E-state index in [2.05, 4.69) is 15.5 Å². The van der Waals surface area contributed by atoms with Gasteiger partial charge in [-0.1, -0.05) is 30.0 Å². The van der Waals surface area contributed by atoms with Gasteiger partial charge in [0.1, 0.15) is 5.82 Å². The summed E-state index contributed by atoms with van der Waals surface area (Å²) in [6, 6.07) is 15.0. The Morgan fingerprint density at radius 2 is 1.84 bits per heavy atom. The highest BCUT2D eigenvalue weighted by atomic mass is 32.2. The summed E-state index contributed by atoms with van der Waals surface area (Å²) >= 11 is 1.19. The molecule has 0 bridgehead atoms. The predicted octanol–water partition coefficient (Wildman–Crippen LogP) is 2.92. The number of anilines is 1. The number of halogens is 1. The second-order valence-corrected chi connectivity index (χ2v) is 6.61. The maximum atomic E-state index is 13.0. The molecule has 0 radical (unpaired) electrons. The maximum Gasteiger partial charge on any atom is 0.237 e. The van der Waals surface area contributed by atoms with Crippen molar-refractivity contribution in [2.24, 2.45) is 0 Å². The van der Waals surface area contributed by atoms with Crippen molar-refractivity contribution in [2.45, 2.75) is 17.3 Å². The third-order valence-corrected chi connectivity index (χ3v) is 4.52. The number of carbonyl (C=O) groups excluding carboxylic acids is 1. The Hall–Kier alpha value is -2.87. The first kappa shape index (κ1) is 17.0. The molecule has 0 saturated carbocycles. The van der Waals surface area contributed by atoms with E-state index in [4.69, 9.17) is 5.84 Å². The van der Waals surface area contributed by atoms with Crippen LogP contribution in [-0.4, -0.2) is 26.0 Å². The number of hydrogen-bond acceptors (Lipinski definition) is 5. The van der Waals surface area contributed by atoms with Crippen molar-refractivity contribution in [1.29, 1.82) is 0 Å². The van der Waals surface area contributed by atoms with Gasteiger partial charge in [-0.25, -0.2) is 9.07 Å². The van der Waals surface area contributed by atoms with E-state index in [0.717, 1.165) is 5.69 Å². The van der Waals surface area contributed by atoms with E-state index in [1.54, 1.807) is 19.1 Å². The Kier molecular flexibility index (Phi) is 4.99. The van der Waals surface area contributed by atoms with Crippen molar-refractivity contribution in [3.05, 3.63) is 60.4 Å². The molecule has 6 nitrogen and oxygen atoms in total. The Balaban J connectivity index is 1.70. The maximum absolute atomic E-state index is 13.0. The zero-order valence-electron chi connectivity index (χ0n) is 13.4. The van der Waals surface area contributed by atoms with Gasteiger partial charge in [0.2, 0.25) is 11.1 Å². The van der Waals surface area contributed by atoms with Crippen molar-refractivity contribution in [2.75, 3.05) is 11.2 Å². The van der Waals surface area contributed by atoms with E-state index in [1.807, 2.05) is 30.3 Å². The number of nitrogens with two attached hydrogens (primary N) is 1. The number of aromatic nitrogens is 3. The van der Waals surface area contributed by atoms with Crippen molar-refractivity contribution < 1.29 is 9.18 Å². The van der Waals surface area contributed by atoms with Gasteiger partial charge < -0.3 is 11.2 Å². The number of amides is 1. The van der Waals surface area contributed by atoms with Crippen molar-refractivity contribution in [3.63, 3.8) is 0 Å². The molecule has 1 amide bonds. The molecule has 25 heavy (non-hydrogen) atoms. The molecule has 0 aliphatic heterocycles. The molecular weight excluding hydrogens is 341 g/mol. The third-order valence-electron chi connectivity index (χ3n) is 3.46. The number of nitrogen functional groups attached to an aromatic ring is 1. The smallest absolute Gasteiger partial charge is 0.237 e. The number of benzene rings is 2. The van der Waals surface area contributed by atoms with E-state index in [-0.39, 0.29) is 11.7 Å². The van der Waals surface area contributed by atoms with E-state index in [0.29, 0.717) is 16.5 Å². The molecule has 0 fully saturated rings. The number of hydrogen-bond donors (Lipinski definition) is 2. The normalized spacial score (nSPS) is 11.9. The molecule has 1 heterocycles. The lowest BCUT2D eigenvalue weighted by molar-refractivity contribution is -0.115. The van der Waals surface area contributed by atoms with E-state index >= 15 is 0 Å². The van der Waals surface area contributed by atoms with Crippen molar-refractivity contribution >= 4 is 23.4 Å². The molecule has 3 aromatic rings. The van der Waals surface area contributed by atoms with Gasteiger partial charge in [-0.15, -0.1) is 10.2 Å². The summed E-state index contributed by atoms with van der Waals surface area (Å²) in [4.78, 5) is 12.3. The fraction of sp³-hybridized carbons (Fsp3) is 0.118. The SMILES string of the molecule is C[C@H](Sc1nnc(-c2ccc(F)cc2)n1N)C(=O)Nc1ccccc1. The molecule has 0 aliphatic rings. The number of thioether (sulfide) groups is 1. The Bertz CT molecular complexity index is 867. The molecule has 1 aromatic heterocycles. The minimum Gasteiger partial charge on any atom is -0.335 e. The largest absolute Gasteiger partial charge is 0.335 e. The summed E-state index contributed by atoms with van der Waals surface area (Å²) in [5.74, 6) is 5.92. The molecule has 128 valence electrons. The summed E-state index contributed by atoms with van der Waals surface area (Å²) in [7, 11) is 0. The monoisotopic (exact) mass is 357 g/mol. The van der Waals surface area contributed by atoms with Gasteiger partial charge in [-0.05, 0) is 43.3 Å². The van der Waals surface area contributed by atoms with Crippen LogP contribution in [0.2, 0.25) is 0 Å². The van der Waals surface area contributed by atoms with Crippen LogP contribution in [0.4, 0.5) is 10.1 Å². The minimum atomic E-state index is -0.423. The average Bonchev–Trinajstić information content (AvgIpc) is 2.97. The Morgan fingerprint density at radius 1 is 1.16 bits per heavy atom. The second-order valence-electron chi connectivity index (χ2n) is 5.30. The summed E-state index contributed by atoms with van der Waals surface area (Å²) < 4.78 is 14.3. The molecule has 3 rings (SSSR count). The molecule has 0 aliphatic carbocycles. The fourth-order valence-electron chi connectivity index (χ4n) is 2.13. The molecule has 0 saturated heterocycles. The van der Waals surface area contributed by atoms with Crippen LogP contribution in [0.3, 0.4) is 0 Å². The zero-order chi connectivity index (χ0) is 17.8. The quantitative estimate of drug-likeness (QED) is 0.542. The van der Waals surface area contributed by atoms with E-state index in [1.165, 1.54) is 28.6 Å². The number of nitrogens with one attached hydrogen (secondary N) is 1. The van der Waals surface area contributed by atoms with E-state index < -0.39 is 5.25 Å². The lowest BCUT2D eigenvalue weighted by atomic mass is 10.2. The highest BCUT2D eigenvalue weighted by Crippen LogP contribution is 2.25. The van der Waals surface area contributed by atoms with Crippen molar-refractivity contribution in [1.82, 2.24) is 14.9 Å². The highest BCUT2D eigenvalue weighted by molar-refractivity contribution is 8.00. The van der Waals surface area contributed by atoms with Crippen molar-refractivity contribution in [3.8, 4) is 11.4 Å². The Labute approximate surface area is 148 Å². The lowest BCUT2D eigenvalue weighted by Gasteiger charge is -2.11. The van der Waals surface area contributed by atoms with Gasteiger partial charge in [0.25, 0.3) is 0 Å². The second kappa shape index (κ2) is 7.35. The summed E-state index contributed by atoms with van der Waals surface area (Å²) in [6.07, 6.45) is 0. The first-order valence-electron chi connectivity index (χ1n) is 7.53. The standard InChI is InChI=1S/C17H16FN5OS/c1-11(16(24)20-14-5-3-2-4-6-14)25-17-22-21-15(23(17)19)12-7-9-13(18)10-8-12/h2-11H,19H2,1H3,(H,20,24)/t11-/m0/s1. The molecule has 8 heteroatoms. The van der Waals surface area contributed by atoms with Gasteiger partial charge in [0.05, 0.1) is 5.25 Å². The van der Waals surface area contributed by atoms with E-state index in [9.17, 15) is 9.18 Å². The summed E-state index contributed by atoms with van der Waals surface area (Å²) in [6.45, 7) is 1.76. The highest BCUT2D eigenvalue weighted by Gasteiger charge is 2.20. The number of carbonyl (C=O) groups is 1. The molecule has 0 unspecified atom stereocenters. The zero-order valence-corrected chi connectivity index (χ0v) is 14.2. The van der Waals surface area contributed by atoms with Crippen LogP contribution in [-0.2, 0) is 4.79 Å². The van der Waals surface area contributed by atoms with Gasteiger partial charge in [-0.2, -0.15) is 0 Å². The summed E-state index contributed by atoms with van der Waals surface area (Å²) in [5.41, 5.74) is 1.37. The van der Waals surface area contributed by atoms with Crippen LogP contribution >= 0.6 is 11.8 Å². The molecule has 2 aromatic carbocycles. The predicted molar refractivity (Wildman–Crippen MR) is 96.0 cm³/mol. The number of nitrogens with zero attached hydrogens (tertiary/aromatic N) is 3. The van der Waals surface area contributed by atoms with Crippen LogP contribution in [0.1, 0.15) is 6.92 Å². The minimum absolute atomic E-state index is 0.164. The number of rotatable bonds is 5. The number of para-hydroxylation sites is 1. The lowest BCUT2D eigenvalue weighted by Crippen LogP contribution is -2.23. The van der Waals surface area contributed by atoms with Crippen LogP contribution in [0.25, 0.3) is 11.4 Å². The summed E-state index contributed by atoms with van der Waals surface area (Å²) in [5, 5.41) is 10.8.